The Bertz CT molecular complexity index is 856. The van der Waals surface area contributed by atoms with Gasteiger partial charge in [0, 0.05) is 12.7 Å². The predicted molar refractivity (Wildman–Crippen MR) is 123 cm³/mol. The van der Waals surface area contributed by atoms with Gasteiger partial charge in [0.2, 0.25) is 0 Å². The molecule has 2 N–H and O–H groups in total. The maximum Gasteiger partial charge on any atom is 0.268 e. The molecule has 30 heavy (non-hydrogen) atoms. The number of hydrogen-bond donors (Lipinski definition) is 1. The van der Waals surface area contributed by atoms with Crippen LogP contribution in [0.15, 0.2) is 30.7 Å². The molecule has 0 aliphatic rings. The molecule has 1 aromatic heterocycles. The number of aromatic nitrogens is 2. The smallest absolute Gasteiger partial charge is 0.268 e. The molecule has 0 aliphatic carbocycles. The number of rotatable bonds is 10. The van der Waals surface area contributed by atoms with Crippen LogP contribution in [0.4, 0.5) is 0 Å². The molecule has 2 rings (SSSR count). The van der Waals surface area contributed by atoms with E-state index >= 15 is 0 Å². The molecule has 0 saturated heterocycles. The lowest BCUT2D eigenvalue weighted by atomic mass is 10.1. The average molecular weight is 432 g/mol. The van der Waals surface area contributed by atoms with Gasteiger partial charge in [-0.3, -0.25) is 4.79 Å². The minimum atomic E-state index is -1.94. The first-order valence-electron chi connectivity index (χ1n) is 10.6. The van der Waals surface area contributed by atoms with Crippen LogP contribution in [0.25, 0.3) is 0 Å². The molecule has 166 valence electrons. The van der Waals surface area contributed by atoms with Crippen molar-refractivity contribution in [1.29, 1.82) is 0 Å². The second-order valence-electron chi connectivity index (χ2n) is 9.56. The fourth-order valence-electron chi connectivity index (χ4n) is 2.91. The van der Waals surface area contributed by atoms with Gasteiger partial charge in [0.15, 0.2) is 8.32 Å². The van der Waals surface area contributed by atoms with Crippen LogP contribution >= 0.6 is 0 Å². The molecule has 0 unspecified atom stereocenters. The van der Waals surface area contributed by atoms with E-state index in [2.05, 4.69) is 64.8 Å². The molecule has 0 fully saturated rings. The number of aryl methyl sites for hydroxylation is 2. The molecule has 0 bridgehead atoms. The standard InChI is InChI=1S/C23H37N3O3Si/c1-17-10-11-19(13-18(17)2)28-12-8-9-20(29-30(6,7)23(3,4)5)14-26-15-21(22(24)27)25-16-26/h10-11,13,15-16,20H,8-9,12,14H2,1-7H3,(H2,24,27)/t20-/m0/s1. The Morgan fingerprint density at radius 3 is 2.50 bits per heavy atom. The number of benzene rings is 1. The van der Waals surface area contributed by atoms with Crippen LogP contribution in [0, 0.1) is 13.8 Å². The van der Waals surface area contributed by atoms with E-state index < -0.39 is 14.2 Å². The Hall–Kier alpha value is -2.12. The molecule has 6 nitrogen and oxygen atoms in total. The van der Waals surface area contributed by atoms with Crippen LogP contribution in [-0.2, 0) is 11.0 Å². The van der Waals surface area contributed by atoms with Crippen molar-refractivity contribution in [1.82, 2.24) is 9.55 Å². The Kier molecular flexibility index (Phi) is 7.88. The van der Waals surface area contributed by atoms with Crippen molar-refractivity contribution in [3.05, 3.63) is 47.5 Å². The lowest BCUT2D eigenvalue weighted by Crippen LogP contribution is -2.45. The van der Waals surface area contributed by atoms with Crippen molar-refractivity contribution in [2.75, 3.05) is 6.61 Å². The van der Waals surface area contributed by atoms with Crippen molar-refractivity contribution in [3.8, 4) is 5.75 Å². The Morgan fingerprint density at radius 1 is 1.23 bits per heavy atom. The second kappa shape index (κ2) is 9.79. The summed E-state index contributed by atoms with van der Waals surface area (Å²) in [5.41, 5.74) is 8.11. The van der Waals surface area contributed by atoms with Crippen LogP contribution in [-0.4, -0.2) is 36.5 Å². The summed E-state index contributed by atoms with van der Waals surface area (Å²) >= 11 is 0. The second-order valence-corrected chi connectivity index (χ2v) is 14.3. The zero-order valence-corrected chi connectivity index (χ0v) is 20.5. The summed E-state index contributed by atoms with van der Waals surface area (Å²) in [6, 6.07) is 6.18. The zero-order chi connectivity index (χ0) is 22.5. The first-order valence-corrected chi connectivity index (χ1v) is 13.5. The topological polar surface area (TPSA) is 79.4 Å². The maximum atomic E-state index is 11.4. The molecular weight excluding hydrogens is 394 g/mol. The van der Waals surface area contributed by atoms with Gasteiger partial charge in [-0.15, -0.1) is 0 Å². The molecule has 0 aliphatic heterocycles. The molecule has 1 aromatic carbocycles. The van der Waals surface area contributed by atoms with Gasteiger partial charge >= 0.3 is 0 Å². The third-order valence-corrected chi connectivity index (χ3v) is 10.5. The molecule has 0 saturated carbocycles. The summed E-state index contributed by atoms with van der Waals surface area (Å²) in [6.45, 7) is 16.7. The minimum Gasteiger partial charge on any atom is -0.494 e. The monoisotopic (exact) mass is 431 g/mol. The van der Waals surface area contributed by atoms with Gasteiger partial charge in [0.05, 0.1) is 19.0 Å². The van der Waals surface area contributed by atoms with Crippen molar-refractivity contribution >= 4 is 14.2 Å². The largest absolute Gasteiger partial charge is 0.494 e. The number of ether oxygens (including phenoxy) is 1. The van der Waals surface area contributed by atoms with Gasteiger partial charge in [0.25, 0.3) is 5.91 Å². The third kappa shape index (κ3) is 6.70. The fourth-order valence-corrected chi connectivity index (χ4v) is 4.29. The van der Waals surface area contributed by atoms with Gasteiger partial charge in [-0.25, -0.2) is 4.98 Å². The molecule has 1 atom stereocenters. The molecule has 1 heterocycles. The lowest BCUT2D eigenvalue weighted by Gasteiger charge is -2.39. The summed E-state index contributed by atoms with van der Waals surface area (Å²) in [4.78, 5) is 15.4. The molecule has 2 aromatic rings. The maximum absolute atomic E-state index is 11.4. The SMILES string of the molecule is Cc1ccc(OCCC[C@@H](Cn2cnc(C(N)=O)c2)O[Si](C)(C)C(C)(C)C)cc1C. The quantitative estimate of drug-likeness (QED) is 0.431. The number of carbonyl (C=O) groups excluding carboxylic acids is 1. The normalized spacial score (nSPS) is 13.3. The van der Waals surface area contributed by atoms with Crippen molar-refractivity contribution < 1.29 is 14.0 Å². The van der Waals surface area contributed by atoms with E-state index in [1.165, 1.54) is 11.1 Å². The number of carbonyl (C=O) groups is 1. The fraction of sp³-hybridized carbons (Fsp3) is 0.565. The zero-order valence-electron chi connectivity index (χ0n) is 19.5. The number of amides is 1. The summed E-state index contributed by atoms with van der Waals surface area (Å²) in [5, 5.41) is 0.120. The summed E-state index contributed by atoms with van der Waals surface area (Å²) < 4.78 is 14.5. The Labute approximate surface area is 181 Å². The highest BCUT2D eigenvalue weighted by molar-refractivity contribution is 6.74. The molecule has 1 amide bonds. The van der Waals surface area contributed by atoms with Crippen molar-refractivity contribution in [2.24, 2.45) is 5.73 Å². The van der Waals surface area contributed by atoms with Gasteiger partial charge in [0.1, 0.15) is 11.4 Å². The van der Waals surface area contributed by atoms with Gasteiger partial charge in [-0.1, -0.05) is 26.8 Å². The van der Waals surface area contributed by atoms with Crippen LogP contribution in [0.1, 0.15) is 55.2 Å². The Morgan fingerprint density at radius 2 is 1.93 bits per heavy atom. The van der Waals surface area contributed by atoms with E-state index in [4.69, 9.17) is 14.9 Å². The van der Waals surface area contributed by atoms with Crippen LogP contribution in [0.3, 0.4) is 0 Å². The highest BCUT2D eigenvalue weighted by Crippen LogP contribution is 2.38. The first kappa shape index (κ1) is 24.1. The minimum absolute atomic E-state index is 0.0178. The number of nitrogens with zero attached hydrogens (tertiary/aromatic N) is 2. The van der Waals surface area contributed by atoms with Gasteiger partial charge in [-0.2, -0.15) is 0 Å². The average Bonchev–Trinajstić information content (AvgIpc) is 3.09. The summed E-state index contributed by atoms with van der Waals surface area (Å²) in [7, 11) is -1.94. The van der Waals surface area contributed by atoms with Crippen LogP contribution in [0.2, 0.25) is 18.1 Å². The number of hydrogen-bond acceptors (Lipinski definition) is 4. The van der Waals surface area contributed by atoms with Crippen LogP contribution < -0.4 is 10.5 Å². The van der Waals surface area contributed by atoms with Gasteiger partial charge < -0.3 is 19.5 Å². The molecule has 0 radical (unpaired) electrons. The summed E-state index contributed by atoms with van der Waals surface area (Å²) in [5.74, 6) is 0.387. The van der Waals surface area contributed by atoms with E-state index in [0.717, 1.165) is 18.6 Å². The summed E-state index contributed by atoms with van der Waals surface area (Å²) in [6.07, 6.45) is 5.10. The van der Waals surface area contributed by atoms with E-state index in [-0.39, 0.29) is 16.8 Å². The molecular formula is C23H37N3O3Si. The van der Waals surface area contributed by atoms with E-state index in [1.54, 1.807) is 12.5 Å². The number of primary amides is 1. The highest BCUT2D eigenvalue weighted by atomic mass is 28.4. The highest BCUT2D eigenvalue weighted by Gasteiger charge is 2.39. The van der Waals surface area contributed by atoms with E-state index in [0.29, 0.717) is 13.2 Å². The van der Waals surface area contributed by atoms with Crippen LogP contribution in [0.5, 0.6) is 5.75 Å². The number of imidazole rings is 1. The van der Waals surface area contributed by atoms with E-state index in [1.807, 2.05) is 10.6 Å². The lowest BCUT2D eigenvalue weighted by molar-refractivity contribution is 0.0995. The van der Waals surface area contributed by atoms with Crippen molar-refractivity contribution in [2.45, 2.75) is 78.2 Å². The van der Waals surface area contributed by atoms with Crippen molar-refractivity contribution in [3.63, 3.8) is 0 Å². The Balaban J connectivity index is 2.00. The molecule has 0 spiro atoms. The number of nitrogens with two attached hydrogens (primary N) is 1. The van der Waals surface area contributed by atoms with Gasteiger partial charge in [-0.05, 0) is 68.1 Å². The van der Waals surface area contributed by atoms with E-state index in [9.17, 15) is 4.79 Å². The third-order valence-electron chi connectivity index (χ3n) is 5.99. The molecule has 7 heteroatoms. The first-order chi connectivity index (χ1) is 13.9. The predicted octanol–water partition coefficient (Wildman–Crippen LogP) is 4.85.